The average molecular weight is 432 g/mol. The first-order chi connectivity index (χ1) is 11.6. The van der Waals surface area contributed by atoms with Crippen LogP contribution in [0.25, 0.3) is 0 Å². The van der Waals surface area contributed by atoms with Gasteiger partial charge in [0.25, 0.3) is 5.91 Å². The van der Waals surface area contributed by atoms with Gasteiger partial charge in [-0.2, -0.15) is 0 Å². The molecule has 2 aromatic carbocycles. The van der Waals surface area contributed by atoms with E-state index in [1.807, 2.05) is 23.1 Å². The van der Waals surface area contributed by atoms with E-state index in [1.54, 1.807) is 17.0 Å². The third kappa shape index (κ3) is 2.70. The Morgan fingerprint density at radius 2 is 1.92 bits per heavy atom. The number of piperazine rings is 1. The number of fused-ring (bicyclic) bond motifs is 3. The van der Waals surface area contributed by atoms with Crippen LogP contribution in [0.3, 0.4) is 0 Å². The summed E-state index contributed by atoms with van der Waals surface area (Å²) in [4.78, 5) is 29.0. The number of rotatable bonds is 1. The van der Waals surface area contributed by atoms with Crippen LogP contribution in [0.1, 0.15) is 27.5 Å². The van der Waals surface area contributed by atoms with Crippen molar-refractivity contribution >= 4 is 34.4 Å². The van der Waals surface area contributed by atoms with Crippen molar-refractivity contribution in [3.63, 3.8) is 0 Å². The molecule has 0 aliphatic carbocycles. The molecule has 4 nitrogen and oxygen atoms in total. The van der Waals surface area contributed by atoms with E-state index in [9.17, 15) is 9.59 Å². The zero-order valence-electron chi connectivity index (χ0n) is 13.1. The molecular formula is C19H17IN2O2. The highest BCUT2D eigenvalue weighted by atomic mass is 127. The Morgan fingerprint density at radius 1 is 1.12 bits per heavy atom. The second kappa shape index (κ2) is 6.20. The second-order valence-corrected chi connectivity index (χ2v) is 7.49. The molecule has 0 bridgehead atoms. The molecule has 0 spiro atoms. The Hall–Kier alpha value is -1.89. The highest BCUT2D eigenvalue weighted by Gasteiger charge is 2.38. The van der Waals surface area contributed by atoms with Gasteiger partial charge in [-0.3, -0.25) is 9.59 Å². The normalized spacial score (nSPS) is 19.7. The minimum atomic E-state index is -0.0682. The van der Waals surface area contributed by atoms with Crippen LogP contribution in [0.15, 0.2) is 48.5 Å². The van der Waals surface area contributed by atoms with Gasteiger partial charge < -0.3 is 9.80 Å². The van der Waals surface area contributed by atoms with Gasteiger partial charge in [-0.25, -0.2) is 0 Å². The maximum atomic E-state index is 12.8. The number of nitrogens with zero attached hydrogens (tertiary/aromatic N) is 2. The molecule has 2 aliphatic rings. The summed E-state index contributed by atoms with van der Waals surface area (Å²) in [6.45, 7) is 1.47. The lowest BCUT2D eigenvalue weighted by Gasteiger charge is -2.44. The molecule has 4 rings (SSSR count). The molecule has 24 heavy (non-hydrogen) atoms. The lowest BCUT2D eigenvalue weighted by Crippen LogP contribution is -2.55. The van der Waals surface area contributed by atoms with Crippen LogP contribution in [-0.2, 0) is 11.2 Å². The second-order valence-electron chi connectivity index (χ2n) is 6.25. The summed E-state index contributed by atoms with van der Waals surface area (Å²) in [7, 11) is 0. The van der Waals surface area contributed by atoms with Crippen molar-refractivity contribution in [1.29, 1.82) is 0 Å². The Kier molecular flexibility index (Phi) is 4.04. The maximum Gasteiger partial charge on any atom is 0.254 e. The number of hydrogen-bond acceptors (Lipinski definition) is 2. The zero-order chi connectivity index (χ0) is 16.7. The molecule has 2 aromatic rings. The van der Waals surface area contributed by atoms with Crippen LogP contribution in [0.2, 0.25) is 0 Å². The highest BCUT2D eigenvalue weighted by molar-refractivity contribution is 14.1. The first kappa shape index (κ1) is 15.6. The van der Waals surface area contributed by atoms with Crippen molar-refractivity contribution in [2.24, 2.45) is 0 Å². The molecule has 2 heterocycles. The first-order valence-corrected chi connectivity index (χ1v) is 9.13. The van der Waals surface area contributed by atoms with E-state index >= 15 is 0 Å². The van der Waals surface area contributed by atoms with E-state index in [-0.39, 0.29) is 24.4 Å². The number of benzene rings is 2. The van der Waals surface area contributed by atoms with E-state index in [4.69, 9.17) is 0 Å². The SMILES string of the molecule is O=C(c1ccccc1)N1CC(=O)N2CCc3ccc(I)cc3C2C1. The molecule has 1 atom stereocenters. The van der Waals surface area contributed by atoms with Gasteiger partial charge in [0.2, 0.25) is 5.91 Å². The van der Waals surface area contributed by atoms with Gasteiger partial charge in [0, 0.05) is 22.2 Å². The molecule has 122 valence electrons. The van der Waals surface area contributed by atoms with Gasteiger partial charge in [-0.1, -0.05) is 24.3 Å². The molecule has 1 saturated heterocycles. The molecule has 0 radical (unpaired) electrons. The van der Waals surface area contributed by atoms with E-state index in [1.165, 1.54) is 11.1 Å². The summed E-state index contributed by atoms with van der Waals surface area (Å²) >= 11 is 2.30. The van der Waals surface area contributed by atoms with Crippen molar-refractivity contribution in [3.8, 4) is 0 Å². The molecule has 1 unspecified atom stereocenters. The monoisotopic (exact) mass is 432 g/mol. The van der Waals surface area contributed by atoms with Gasteiger partial charge in [0.05, 0.1) is 6.04 Å². The molecule has 2 aliphatic heterocycles. The molecule has 0 N–H and O–H groups in total. The molecule has 2 amide bonds. The van der Waals surface area contributed by atoms with Gasteiger partial charge >= 0.3 is 0 Å². The lowest BCUT2D eigenvalue weighted by atomic mass is 9.90. The number of carbonyl (C=O) groups is 2. The van der Waals surface area contributed by atoms with E-state index < -0.39 is 0 Å². The maximum absolute atomic E-state index is 12.8. The van der Waals surface area contributed by atoms with Gasteiger partial charge in [0.15, 0.2) is 0 Å². The topological polar surface area (TPSA) is 40.6 Å². The first-order valence-electron chi connectivity index (χ1n) is 8.05. The average Bonchev–Trinajstić information content (AvgIpc) is 2.61. The summed E-state index contributed by atoms with van der Waals surface area (Å²) in [6.07, 6.45) is 0.890. The predicted octanol–water partition coefficient (Wildman–Crippen LogP) is 2.87. The summed E-state index contributed by atoms with van der Waals surface area (Å²) < 4.78 is 1.16. The third-order valence-electron chi connectivity index (χ3n) is 4.81. The number of amides is 2. The Labute approximate surface area is 154 Å². The fourth-order valence-corrected chi connectivity index (χ4v) is 4.12. The minimum Gasteiger partial charge on any atom is -0.332 e. The van der Waals surface area contributed by atoms with Crippen molar-refractivity contribution in [3.05, 3.63) is 68.8 Å². The smallest absolute Gasteiger partial charge is 0.254 e. The minimum absolute atomic E-state index is 0.0302. The summed E-state index contributed by atoms with van der Waals surface area (Å²) in [6, 6.07) is 15.6. The predicted molar refractivity (Wildman–Crippen MR) is 99.7 cm³/mol. The van der Waals surface area contributed by atoms with E-state index in [0.29, 0.717) is 12.1 Å². The Balaban J connectivity index is 1.66. The van der Waals surface area contributed by atoms with Crippen molar-refractivity contribution in [1.82, 2.24) is 9.80 Å². The number of halogens is 1. The van der Waals surface area contributed by atoms with Gasteiger partial charge in [-0.05, 0) is 64.4 Å². The van der Waals surface area contributed by atoms with Crippen LogP contribution in [0.5, 0.6) is 0 Å². The largest absolute Gasteiger partial charge is 0.332 e. The molecule has 1 fully saturated rings. The van der Waals surface area contributed by atoms with Crippen molar-refractivity contribution < 1.29 is 9.59 Å². The van der Waals surface area contributed by atoms with Crippen molar-refractivity contribution in [2.75, 3.05) is 19.6 Å². The van der Waals surface area contributed by atoms with E-state index in [2.05, 4.69) is 40.8 Å². The van der Waals surface area contributed by atoms with Gasteiger partial charge in [0.1, 0.15) is 6.54 Å². The molecular weight excluding hydrogens is 415 g/mol. The van der Waals surface area contributed by atoms with Crippen LogP contribution >= 0.6 is 22.6 Å². The van der Waals surface area contributed by atoms with Crippen LogP contribution in [-0.4, -0.2) is 41.2 Å². The highest BCUT2D eigenvalue weighted by Crippen LogP contribution is 2.34. The fraction of sp³-hybridized carbons (Fsp3) is 0.263. The zero-order valence-corrected chi connectivity index (χ0v) is 15.3. The van der Waals surface area contributed by atoms with Gasteiger partial charge in [-0.15, -0.1) is 0 Å². The molecule has 0 saturated carbocycles. The van der Waals surface area contributed by atoms with E-state index in [0.717, 1.165) is 16.5 Å². The Bertz CT molecular complexity index is 806. The summed E-state index contributed by atoms with van der Waals surface area (Å²) in [5.41, 5.74) is 3.11. The lowest BCUT2D eigenvalue weighted by molar-refractivity contribution is -0.139. The van der Waals surface area contributed by atoms with Crippen molar-refractivity contribution in [2.45, 2.75) is 12.5 Å². The van der Waals surface area contributed by atoms with Crippen LogP contribution < -0.4 is 0 Å². The Morgan fingerprint density at radius 3 is 2.71 bits per heavy atom. The molecule has 0 aromatic heterocycles. The van der Waals surface area contributed by atoms with Crippen LogP contribution in [0, 0.1) is 3.57 Å². The quantitative estimate of drug-likeness (QED) is 0.651. The summed E-state index contributed by atoms with van der Waals surface area (Å²) in [5.74, 6) is -0.0265. The summed E-state index contributed by atoms with van der Waals surface area (Å²) in [5, 5.41) is 0. The third-order valence-corrected chi connectivity index (χ3v) is 5.48. The number of hydrogen-bond donors (Lipinski definition) is 0. The molecule has 5 heteroatoms. The standard InChI is InChI=1S/C19H17IN2O2/c20-15-7-6-13-8-9-22-17(16(13)10-15)11-21(12-18(22)23)19(24)14-4-2-1-3-5-14/h1-7,10,17H,8-9,11-12H2. The number of carbonyl (C=O) groups excluding carboxylic acids is 2. The van der Waals surface area contributed by atoms with Crippen LogP contribution in [0.4, 0.5) is 0 Å². The fourth-order valence-electron chi connectivity index (χ4n) is 3.61.